The Morgan fingerprint density at radius 2 is 1.71 bits per heavy atom. The van der Waals surface area contributed by atoms with Crippen molar-refractivity contribution < 1.29 is 14.3 Å². The molecule has 2 aromatic carbocycles. The number of carbonyl (C=O) groups excluding carboxylic acids is 2. The van der Waals surface area contributed by atoms with Gasteiger partial charge in [-0.15, -0.1) is 0 Å². The molecule has 2 aromatic heterocycles. The number of aryl methyl sites for hydroxylation is 2. The number of likely N-dealkylation sites (N-methyl/N-ethyl adjacent to an activating group) is 2. The average Bonchev–Trinajstić information content (AvgIpc) is 3.55. The maximum atomic E-state index is 13.0. The summed E-state index contributed by atoms with van der Waals surface area (Å²) < 4.78 is 7.48. The van der Waals surface area contributed by atoms with Gasteiger partial charge < -0.3 is 30.5 Å². The highest BCUT2D eigenvalue weighted by Gasteiger charge is 2.22. The van der Waals surface area contributed by atoms with Crippen LogP contribution in [0.1, 0.15) is 61.9 Å². The SMILES string of the molecule is CCc1nc2c(cnn2CC)c(NC2CCOCC2)c1CNC(=O)CCC(=O)NCc1ccc(Cl)c(-c2cccc(CN(C)CCN(C)C)c2)c1. The molecular weight excluding hydrogens is 664 g/mol. The number of pyridine rings is 1. The van der Waals surface area contributed by atoms with Gasteiger partial charge in [-0.1, -0.05) is 42.8 Å². The van der Waals surface area contributed by atoms with Gasteiger partial charge in [-0.05, 0) is 82.2 Å². The Labute approximate surface area is 307 Å². The van der Waals surface area contributed by atoms with Crippen LogP contribution in [0.25, 0.3) is 22.2 Å². The molecule has 274 valence electrons. The van der Waals surface area contributed by atoms with Crippen LogP contribution in [-0.4, -0.2) is 89.9 Å². The van der Waals surface area contributed by atoms with E-state index in [0.717, 1.165) is 96.9 Å². The second-order valence-corrected chi connectivity index (χ2v) is 14.0. The fourth-order valence-corrected chi connectivity index (χ4v) is 6.62. The second-order valence-electron chi connectivity index (χ2n) is 13.6. The number of benzene rings is 2. The first kappa shape index (κ1) is 38.2. The Kier molecular flexibility index (Phi) is 13.8. The lowest BCUT2D eigenvalue weighted by molar-refractivity contribution is -0.126. The first-order chi connectivity index (χ1) is 24.6. The zero-order valence-electron chi connectivity index (χ0n) is 30.7. The Morgan fingerprint density at radius 3 is 2.41 bits per heavy atom. The minimum absolute atomic E-state index is 0.0844. The highest BCUT2D eigenvalue weighted by molar-refractivity contribution is 6.33. The van der Waals surface area contributed by atoms with Gasteiger partial charge in [0, 0.05) is 93.2 Å². The number of fused-ring (bicyclic) bond motifs is 1. The lowest BCUT2D eigenvalue weighted by atomic mass is 10.0. The molecule has 1 fully saturated rings. The number of aromatic nitrogens is 3. The lowest BCUT2D eigenvalue weighted by Crippen LogP contribution is -2.30. The average molecular weight is 717 g/mol. The van der Waals surface area contributed by atoms with E-state index in [4.69, 9.17) is 21.3 Å². The first-order valence-corrected chi connectivity index (χ1v) is 18.5. The molecule has 2 amide bonds. The monoisotopic (exact) mass is 716 g/mol. The van der Waals surface area contributed by atoms with E-state index < -0.39 is 0 Å². The molecule has 3 N–H and O–H groups in total. The van der Waals surface area contributed by atoms with E-state index in [9.17, 15) is 9.59 Å². The van der Waals surface area contributed by atoms with Crippen molar-refractivity contribution in [2.24, 2.45) is 0 Å². The van der Waals surface area contributed by atoms with Gasteiger partial charge in [0.1, 0.15) is 0 Å². The first-order valence-electron chi connectivity index (χ1n) is 18.1. The molecule has 11 nitrogen and oxygen atoms in total. The molecule has 0 radical (unpaired) electrons. The number of rotatable bonds is 17. The van der Waals surface area contributed by atoms with Crippen LogP contribution in [0.2, 0.25) is 5.02 Å². The Bertz CT molecular complexity index is 1790. The molecule has 0 saturated carbocycles. The van der Waals surface area contributed by atoms with Crippen LogP contribution in [-0.2, 0) is 46.9 Å². The van der Waals surface area contributed by atoms with Gasteiger partial charge in [-0.2, -0.15) is 5.10 Å². The predicted molar refractivity (Wildman–Crippen MR) is 205 cm³/mol. The summed E-state index contributed by atoms with van der Waals surface area (Å²) in [7, 11) is 6.29. The molecule has 0 atom stereocenters. The molecular formula is C39H53ClN8O3. The molecule has 51 heavy (non-hydrogen) atoms. The summed E-state index contributed by atoms with van der Waals surface area (Å²) >= 11 is 6.64. The number of hydrogen-bond acceptors (Lipinski definition) is 8. The van der Waals surface area contributed by atoms with Crippen molar-refractivity contribution in [1.82, 2.24) is 35.2 Å². The standard InChI is InChI=1S/C39H53ClN8O3/c1-6-35-32(38(44-30-15-19-51-20-16-30)33-25-43-48(7-2)39(33)45-35)24-42-37(50)14-13-36(49)41-23-27-11-12-34(40)31(22-27)29-10-8-9-28(21-29)26-47(5)18-17-46(3)4/h8-12,21-22,25,30H,6-7,13-20,23-24,26H2,1-5H3,(H,41,49)(H,42,50)(H,44,45). The molecule has 1 saturated heterocycles. The smallest absolute Gasteiger partial charge is 0.220 e. The third kappa shape index (κ3) is 10.5. The largest absolute Gasteiger partial charge is 0.381 e. The van der Waals surface area contributed by atoms with Gasteiger partial charge in [0.15, 0.2) is 5.65 Å². The number of hydrogen-bond donors (Lipinski definition) is 3. The molecule has 3 heterocycles. The van der Waals surface area contributed by atoms with Gasteiger partial charge in [0.05, 0.1) is 17.3 Å². The molecule has 0 bridgehead atoms. The number of nitrogens with one attached hydrogen (secondary N) is 3. The summed E-state index contributed by atoms with van der Waals surface area (Å²) in [6.07, 6.45) is 4.57. The topological polar surface area (TPSA) is 117 Å². The number of ether oxygens (including phenoxy) is 1. The third-order valence-corrected chi connectivity index (χ3v) is 9.69. The minimum atomic E-state index is -0.186. The summed E-state index contributed by atoms with van der Waals surface area (Å²) in [5, 5.41) is 15.9. The van der Waals surface area contributed by atoms with E-state index in [1.807, 2.05) is 29.1 Å². The highest BCUT2D eigenvalue weighted by atomic mass is 35.5. The van der Waals surface area contributed by atoms with Gasteiger partial charge in [0.25, 0.3) is 0 Å². The van der Waals surface area contributed by atoms with Gasteiger partial charge in [-0.3, -0.25) is 9.59 Å². The van der Waals surface area contributed by atoms with Crippen molar-refractivity contribution >= 4 is 40.1 Å². The van der Waals surface area contributed by atoms with Crippen LogP contribution in [0, 0.1) is 0 Å². The van der Waals surface area contributed by atoms with Crippen molar-refractivity contribution in [3.63, 3.8) is 0 Å². The third-order valence-electron chi connectivity index (χ3n) is 9.36. The van der Waals surface area contributed by atoms with E-state index in [1.165, 1.54) is 5.56 Å². The van der Waals surface area contributed by atoms with E-state index in [1.54, 1.807) is 0 Å². The molecule has 12 heteroatoms. The molecule has 0 spiro atoms. The fraction of sp³-hybridized carbons (Fsp3) is 0.487. The number of amides is 2. The molecule has 1 aliphatic rings. The number of nitrogens with zero attached hydrogens (tertiary/aromatic N) is 5. The van der Waals surface area contributed by atoms with Crippen molar-refractivity contribution in [2.75, 3.05) is 52.8 Å². The Hall–Kier alpha value is -4.03. The van der Waals surface area contributed by atoms with Gasteiger partial charge >= 0.3 is 0 Å². The van der Waals surface area contributed by atoms with Gasteiger partial charge in [0.2, 0.25) is 11.8 Å². The van der Waals surface area contributed by atoms with Crippen molar-refractivity contribution in [1.29, 1.82) is 0 Å². The van der Waals surface area contributed by atoms with Crippen molar-refractivity contribution in [3.05, 3.63) is 76.1 Å². The van der Waals surface area contributed by atoms with E-state index in [-0.39, 0.29) is 30.7 Å². The quantitative estimate of drug-likeness (QED) is 0.129. The Balaban J connectivity index is 1.16. The van der Waals surface area contributed by atoms with E-state index in [2.05, 4.69) is 90.1 Å². The molecule has 0 unspecified atom stereocenters. The van der Waals surface area contributed by atoms with Crippen molar-refractivity contribution in [3.8, 4) is 11.1 Å². The lowest BCUT2D eigenvalue weighted by Gasteiger charge is -2.26. The minimum Gasteiger partial charge on any atom is -0.381 e. The molecule has 1 aliphatic heterocycles. The number of halogens is 1. The molecule has 4 aromatic rings. The van der Waals surface area contributed by atoms with Crippen molar-refractivity contribution in [2.45, 2.75) is 78.2 Å². The van der Waals surface area contributed by atoms with Crippen LogP contribution in [0.3, 0.4) is 0 Å². The second kappa shape index (κ2) is 18.5. The van der Waals surface area contributed by atoms with Crippen LogP contribution in [0.4, 0.5) is 5.69 Å². The van der Waals surface area contributed by atoms with Crippen LogP contribution in [0.5, 0.6) is 0 Å². The highest BCUT2D eigenvalue weighted by Crippen LogP contribution is 2.32. The summed E-state index contributed by atoms with van der Waals surface area (Å²) in [5.74, 6) is -0.370. The van der Waals surface area contributed by atoms with Crippen LogP contribution in [0.15, 0.2) is 48.7 Å². The maximum Gasteiger partial charge on any atom is 0.220 e. The summed E-state index contributed by atoms with van der Waals surface area (Å²) in [6.45, 7) is 9.76. The maximum absolute atomic E-state index is 13.0. The molecule has 5 rings (SSSR count). The normalized spacial score (nSPS) is 13.6. The number of carbonyl (C=O) groups is 2. The number of anilines is 1. The zero-order valence-corrected chi connectivity index (χ0v) is 31.5. The summed E-state index contributed by atoms with van der Waals surface area (Å²) in [6, 6.07) is 14.5. The van der Waals surface area contributed by atoms with E-state index in [0.29, 0.717) is 24.5 Å². The summed E-state index contributed by atoms with van der Waals surface area (Å²) in [5.41, 5.74) is 7.81. The fourth-order valence-electron chi connectivity index (χ4n) is 6.39. The zero-order chi connectivity index (χ0) is 36.3. The van der Waals surface area contributed by atoms with Crippen LogP contribution < -0.4 is 16.0 Å². The van der Waals surface area contributed by atoms with E-state index >= 15 is 0 Å². The predicted octanol–water partition coefficient (Wildman–Crippen LogP) is 5.63. The van der Waals surface area contributed by atoms with Gasteiger partial charge in [-0.25, -0.2) is 9.67 Å². The van der Waals surface area contributed by atoms with Crippen LogP contribution >= 0.6 is 11.6 Å². The Morgan fingerprint density at radius 1 is 0.961 bits per heavy atom. The summed E-state index contributed by atoms with van der Waals surface area (Å²) in [4.78, 5) is 35.3. The molecule has 0 aliphatic carbocycles.